The summed E-state index contributed by atoms with van der Waals surface area (Å²) in [5, 5.41) is 8.39. The zero-order chi connectivity index (χ0) is 13.4. The summed E-state index contributed by atoms with van der Waals surface area (Å²) in [7, 11) is 0. The van der Waals surface area contributed by atoms with Crippen molar-refractivity contribution in [2.24, 2.45) is 5.92 Å². The zero-order valence-electron chi connectivity index (χ0n) is 10.6. The Bertz CT molecular complexity index is 333. The average Bonchev–Trinajstić information content (AvgIpc) is 2.39. The molecule has 1 heterocycles. The molecule has 1 rings (SSSR count). The molecule has 18 heavy (non-hydrogen) atoms. The van der Waals surface area contributed by atoms with Gasteiger partial charge in [-0.1, -0.05) is 0 Å². The summed E-state index contributed by atoms with van der Waals surface area (Å²) < 4.78 is 4.97. The first-order valence-corrected chi connectivity index (χ1v) is 7.23. The fraction of sp³-hybridized carbons (Fsp3) is 0.750. The molecule has 1 amide bonds. The van der Waals surface area contributed by atoms with Gasteiger partial charge in [-0.05, 0) is 19.8 Å². The number of ether oxygens (including phenoxy) is 1. The van der Waals surface area contributed by atoms with Crippen molar-refractivity contribution in [3.8, 4) is 6.07 Å². The van der Waals surface area contributed by atoms with E-state index in [9.17, 15) is 9.59 Å². The molecule has 0 N–H and O–H groups in total. The van der Waals surface area contributed by atoms with E-state index in [2.05, 4.69) is 0 Å². The molecule has 1 fully saturated rings. The van der Waals surface area contributed by atoms with Gasteiger partial charge in [-0.3, -0.25) is 9.59 Å². The van der Waals surface area contributed by atoms with Crippen LogP contribution in [0.2, 0.25) is 0 Å². The van der Waals surface area contributed by atoms with E-state index in [1.807, 2.05) is 6.07 Å². The minimum atomic E-state index is -0.150. The van der Waals surface area contributed by atoms with Gasteiger partial charge < -0.3 is 9.64 Å². The first kappa shape index (κ1) is 14.8. The molecule has 0 spiro atoms. The van der Waals surface area contributed by atoms with Gasteiger partial charge in [-0.2, -0.15) is 5.26 Å². The summed E-state index contributed by atoms with van der Waals surface area (Å²) >= 11 is 1.33. The monoisotopic (exact) mass is 270 g/mol. The third-order valence-corrected chi connectivity index (χ3v) is 3.64. The maximum Gasteiger partial charge on any atom is 0.309 e. The molecular formula is C12H18N2O3S. The van der Waals surface area contributed by atoms with Crippen molar-refractivity contribution >= 4 is 23.6 Å². The standard InChI is InChI=1S/C12H18N2O3S/c1-2-17-12(16)10-3-6-14(7-4-10)11(15)9-18-8-5-13/h10H,2-4,6-9H2,1H3. The SMILES string of the molecule is CCOC(=O)C1CCN(C(=O)CSCC#N)CC1. The Morgan fingerprint density at radius 1 is 1.44 bits per heavy atom. The Morgan fingerprint density at radius 2 is 2.11 bits per heavy atom. The van der Waals surface area contributed by atoms with Gasteiger partial charge in [-0.25, -0.2) is 0 Å². The highest BCUT2D eigenvalue weighted by molar-refractivity contribution is 8.00. The van der Waals surface area contributed by atoms with E-state index in [4.69, 9.17) is 10.00 Å². The number of nitrogens with zero attached hydrogens (tertiary/aromatic N) is 2. The van der Waals surface area contributed by atoms with Crippen LogP contribution in [-0.4, -0.2) is 48.0 Å². The molecule has 0 aliphatic carbocycles. The average molecular weight is 270 g/mol. The lowest BCUT2D eigenvalue weighted by Crippen LogP contribution is -2.41. The molecule has 0 aromatic heterocycles. The van der Waals surface area contributed by atoms with Gasteiger partial charge in [0.05, 0.1) is 30.1 Å². The topological polar surface area (TPSA) is 70.4 Å². The van der Waals surface area contributed by atoms with Crippen LogP contribution in [0.1, 0.15) is 19.8 Å². The lowest BCUT2D eigenvalue weighted by Gasteiger charge is -2.30. The van der Waals surface area contributed by atoms with Gasteiger partial charge in [0.1, 0.15) is 0 Å². The van der Waals surface area contributed by atoms with Crippen molar-refractivity contribution in [2.75, 3.05) is 31.2 Å². The van der Waals surface area contributed by atoms with Crippen molar-refractivity contribution in [3.63, 3.8) is 0 Å². The molecule has 0 bridgehead atoms. The first-order chi connectivity index (χ1) is 8.69. The number of rotatable bonds is 5. The van der Waals surface area contributed by atoms with E-state index in [0.29, 0.717) is 44.0 Å². The number of amides is 1. The second kappa shape index (κ2) is 7.98. The Labute approximate surface area is 111 Å². The smallest absolute Gasteiger partial charge is 0.309 e. The summed E-state index contributed by atoms with van der Waals surface area (Å²) in [5.41, 5.74) is 0. The molecule has 0 radical (unpaired) electrons. The minimum Gasteiger partial charge on any atom is -0.466 e. The third kappa shape index (κ3) is 4.57. The van der Waals surface area contributed by atoms with E-state index < -0.39 is 0 Å². The maximum atomic E-state index is 11.8. The lowest BCUT2D eigenvalue weighted by molar-refractivity contribution is -0.151. The van der Waals surface area contributed by atoms with Crippen molar-refractivity contribution in [1.82, 2.24) is 4.90 Å². The fourth-order valence-corrected chi connectivity index (χ4v) is 2.45. The highest BCUT2D eigenvalue weighted by Crippen LogP contribution is 2.19. The van der Waals surface area contributed by atoms with Crippen molar-refractivity contribution in [1.29, 1.82) is 5.26 Å². The van der Waals surface area contributed by atoms with Gasteiger partial charge in [0.2, 0.25) is 5.91 Å². The Morgan fingerprint density at radius 3 is 2.67 bits per heavy atom. The van der Waals surface area contributed by atoms with Crippen LogP contribution >= 0.6 is 11.8 Å². The molecule has 6 heteroatoms. The second-order valence-corrected chi connectivity index (χ2v) is 5.04. The number of carbonyl (C=O) groups is 2. The van der Waals surface area contributed by atoms with Gasteiger partial charge in [-0.15, -0.1) is 11.8 Å². The van der Waals surface area contributed by atoms with Crippen LogP contribution in [0.4, 0.5) is 0 Å². The van der Waals surface area contributed by atoms with E-state index in [0.717, 1.165) is 0 Å². The van der Waals surface area contributed by atoms with Crippen molar-refractivity contribution in [2.45, 2.75) is 19.8 Å². The molecule has 0 aromatic carbocycles. The van der Waals surface area contributed by atoms with Gasteiger partial charge in [0, 0.05) is 13.1 Å². The summed E-state index contributed by atoms with van der Waals surface area (Å²) in [5.74, 6) is 0.518. The van der Waals surface area contributed by atoms with Crippen molar-refractivity contribution in [3.05, 3.63) is 0 Å². The predicted octanol–water partition coefficient (Wildman–Crippen LogP) is 1.04. The van der Waals surface area contributed by atoms with E-state index in [1.54, 1.807) is 11.8 Å². The predicted molar refractivity (Wildman–Crippen MR) is 68.9 cm³/mol. The Hall–Kier alpha value is -1.22. The van der Waals surface area contributed by atoms with Crippen LogP contribution < -0.4 is 0 Å². The molecular weight excluding hydrogens is 252 g/mol. The molecule has 1 saturated heterocycles. The second-order valence-electron chi connectivity index (χ2n) is 4.06. The summed E-state index contributed by atoms with van der Waals surface area (Å²) in [6.45, 7) is 3.41. The molecule has 5 nitrogen and oxygen atoms in total. The number of hydrogen-bond acceptors (Lipinski definition) is 5. The molecule has 0 atom stereocenters. The van der Waals surface area contributed by atoms with Crippen LogP contribution in [-0.2, 0) is 14.3 Å². The molecule has 1 aliphatic heterocycles. The van der Waals surface area contributed by atoms with E-state index in [1.165, 1.54) is 11.8 Å². The third-order valence-electron chi connectivity index (χ3n) is 2.86. The molecule has 100 valence electrons. The van der Waals surface area contributed by atoms with Crippen LogP contribution in [0, 0.1) is 17.2 Å². The zero-order valence-corrected chi connectivity index (χ0v) is 11.4. The molecule has 0 aromatic rings. The fourth-order valence-electron chi connectivity index (χ4n) is 1.90. The largest absolute Gasteiger partial charge is 0.466 e. The number of thioether (sulfide) groups is 1. The number of carbonyl (C=O) groups excluding carboxylic acids is 2. The Kier molecular flexibility index (Phi) is 6.58. The van der Waals surface area contributed by atoms with Crippen LogP contribution in [0.15, 0.2) is 0 Å². The van der Waals surface area contributed by atoms with Crippen LogP contribution in [0.5, 0.6) is 0 Å². The van der Waals surface area contributed by atoms with Gasteiger partial charge in [0.25, 0.3) is 0 Å². The quantitative estimate of drug-likeness (QED) is 0.551. The van der Waals surface area contributed by atoms with Crippen LogP contribution in [0.25, 0.3) is 0 Å². The maximum absolute atomic E-state index is 11.8. The number of esters is 1. The summed E-state index contributed by atoms with van der Waals surface area (Å²) in [4.78, 5) is 25.0. The number of nitriles is 1. The minimum absolute atomic E-state index is 0.0533. The molecule has 0 unspecified atom stereocenters. The highest BCUT2D eigenvalue weighted by atomic mass is 32.2. The lowest BCUT2D eigenvalue weighted by atomic mass is 9.97. The van der Waals surface area contributed by atoms with Crippen molar-refractivity contribution < 1.29 is 14.3 Å². The molecule has 1 aliphatic rings. The normalized spacial score (nSPS) is 16.1. The first-order valence-electron chi connectivity index (χ1n) is 6.08. The van der Waals surface area contributed by atoms with Gasteiger partial charge >= 0.3 is 5.97 Å². The highest BCUT2D eigenvalue weighted by Gasteiger charge is 2.27. The van der Waals surface area contributed by atoms with E-state index in [-0.39, 0.29) is 17.8 Å². The number of piperidine rings is 1. The van der Waals surface area contributed by atoms with Crippen LogP contribution in [0.3, 0.4) is 0 Å². The molecule has 0 saturated carbocycles. The summed E-state index contributed by atoms with van der Waals surface area (Å²) in [6.07, 6.45) is 1.35. The Balaban J connectivity index is 2.28. The number of likely N-dealkylation sites (tertiary alicyclic amines) is 1. The van der Waals surface area contributed by atoms with Gasteiger partial charge in [0.15, 0.2) is 0 Å². The number of hydrogen-bond donors (Lipinski definition) is 0. The summed E-state index contributed by atoms with van der Waals surface area (Å²) in [6, 6.07) is 1.99. The van der Waals surface area contributed by atoms with E-state index >= 15 is 0 Å².